The van der Waals surface area contributed by atoms with Crippen LogP contribution in [-0.2, 0) is 0 Å². The maximum atomic E-state index is 13.2. The molecule has 2 saturated heterocycles. The zero-order chi connectivity index (χ0) is 20.3. The molecule has 2 aromatic rings. The largest absolute Gasteiger partial charge is 0.493 e. The molecule has 2 aliphatic heterocycles. The molecule has 2 atom stereocenters. The summed E-state index contributed by atoms with van der Waals surface area (Å²) >= 11 is 0. The average molecular weight is 407 g/mol. The van der Waals surface area contributed by atoms with Crippen molar-refractivity contribution in [2.24, 2.45) is 0 Å². The van der Waals surface area contributed by atoms with E-state index in [2.05, 4.69) is 10.6 Å². The first-order valence-corrected chi connectivity index (χ1v) is 11.3. The van der Waals surface area contributed by atoms with Gasteiger partial charge in [0.05, 0.1) is 18.8 Å². The highest BCUT2D eigenvalue weighted by Crippen LogP contribution is 2.45. The van der Waals surface area contributed by atoms with Crippen molar-refractivity contribution in [1.82, 2.24) is 10.6 Å². The van der Waals surface area contributed by atoms with Crippen molar-refractivity contribution >= 4 is 5.78 Å². The molecule has 0 aromatic heterocycles. The zero-order valence-electron chi connectivity index (χ0n) is 17.4. The molecule has 3 aliphatic rings. The van der Waals surface area contributed by atoms with Crippen molar-refractivity contribution < 1.29 is 14.3 Å². The van der Waals surface area contributed by atoms with Gasteiger partial charge in [-0.2, -0.15) is 0 Å². The molecule has 1 aliphatic carbocycles. The Hall–Kier alpha value is -2.37. The topological polar surface area (TPSA) is 59.6 Å². The molecule has 2 fully saturated rings. The Balaban J connectivity index is 1.33. The number of fused-ring (bicyclic) bond motifs is 3. The summed E-state index contributed by atoms with van der Waals surface area (Å²) in [6.45, 7) is 3.48. The van der Waals surface area contributed by atoms with Crippen LogP contribution < -0.4 is 20.1 Å². The normalized spacial score (nSPS) is 22.2. The van der Waals surface area contributed by atoms with Crippen molar-refractivity contribution in [3.8, 4) is 22.6 Å². The minimum atomic E-state index is 0.0394. The van der Waals surface area contributed by atoms with Gasteiger partial charge in [0.2, 0.25) is 0 Å². The third kappa shape index (κ3) is 3.84. The molecule has 5 nitrogen and oxygen atoms in total. The van der Waals surface area contributed by atoms with E-state index in [9.17, 15) is 4.79 Å². The van der Waals surface area contributed by atoms with E-state index in [1.807, 2.05) is 36.4 Å². The number of carbonyl (C=O) groups excluding carboxylic acids is 1. The molecule has 158 valence electrons. The number of hydrogen-bond donors (Lipinski definition) is 2. The molecular weight excluding hydrogens is 376 g/mol. The Bertz CT molecular complexity index is 915. The van der Waals surface area contributed by atoms with Crippen molar-refractivity contribution in [1.29, 1.82) is 0 Å². The Morgan fingerprint density at radius 1 is 0.767 bits per heavy atom. The van der Waals surface area contributed by atoms with E-state index in [1.54, 1.807) is 0 Å². The summed E-state index contributed by atoms with van der Waals surface area (Å²) in [5, 5.41) is 7.01. The van der Waals surface area contributed by atoms with E-state index < -0.39 is 0 Å². The highest BCUT2D eigenvalue weighted by Gasteiger charge is 2.32. The molecule has 30 heavy (non-hydrogen) atoms. The molecule has 0 amide bonds. The maximum Gasteiger partial charge on any atom is 0.198 e. The fraction of sp³-hybridized carbons (Fsp3) is 0.480. The van der Waals surface area contributed by atoms with Gasteiger partial charge in [-0.1, -0.05) is 24.3 Å². The second kappa shape index (κ2) is 8.78. The Morgan fingerprint density at radius 3 is 1.90 bits per heavy atom. The summed E-state index contributed by atoms with van der Waals surface area (Å²) in [7, 11) is 0. The van der Waals surface area contributed by atoms with Crippen LogP contribution in [0.2, 0.25) is 0 Å². The smallest absolute Gasteiger partial charge is 0.198 e. The van der Waals surface area contributed by atoms with Crippen LogP contribution in [0.3, 0.4) is 0 Å². The molecule has 2 N–H and O–H groups in total. The fourth-order valence-electron chi connectivity index (χ4n) is 4.98. The van der Waals surface area contributed by atoms with Crippen molar-refractivity contribution in [3.63, 3.8) is 0 Å². The van der Waals surface area contributed by atoms with Crippen LogP contribution in [-0.4, -0.2) is 44.2 Å². The van der Waals surface area contributed by atoms with Gasteiger partial charge < -0.3 is 20.1 Å². The molecule has 0 bridgehead atoms. The minimum absolute atomic E-state index is 0.0394. The Kier molecular flexibility index (Phi) is 5.73. The highest BCUT2D eigenvalue weighted by atomic mass is 16.5. The number of ketones is 1. The van der Waals surface area contributed by atoms with Gasteiger partial charge in [0, 0.05) is 28.8 Å². The number of rotatable bonds is 8. The van der Waals surface area contributed by atoms with Crippen molar-refractivity contribution in [3.05, 3.63) is 47.5 Å². The molecule has 0 spiro atoms. The summed E-state index contributed by atoms with van der Waals surface area (Å²) < 4.78 is 12.3. The third-order valence-electron chi connectivity index (χ3n) is 6.57. The summed E-state index contributed by atoms with van der Waals surface area (Å²) in [6.07, 6.45) is 6.86. The molecule has 0 saturated carbocycles. The van der Waals surface area contributed by atoms with E-state index in [0.717, 1.165) is 48.4 Å². The van der Waals surface area contributed by atoms with Gasteiger partial charge in [-0.15, -0.1) is 0 Å². The first kappa shape index (κ1) is 19.6. The van der Waals surface area contributed by atoms with E-state index >= 15 is 0 Å². The SMILES string of the molecule is O=C1c2cccc(OCCC3CCCN3)c2-c2cccc(OCCC3CCCN3)c21. The summed E-state index contributed by atoms with van der Waals surface area (Å²) in [4.78, 5) is 13.2. The summed E-state index contributed by atoms with van der Waals surface area (Å²) in [5.41, 5.74) is 3.25. The van der Waals surface area contributed by atoms with Crippen LogP contribution in [0.5, 0.6) is 11.5 Å². The van der Waals surface area contributed by atoms with Gasteiger partial charge in [0.25, 0.3) is 0 Å². The summed E-state index contributed by atoms with van der Waals surface area (Å²) in [5.74, 6) is 1.52. The number of ether oxygens (including phenoxy) is 2. The van der Waals surface area contributed by atoms with E-state index in [1.165, 1.54) is 25.7 Å². The number of nitrogens with one attached hydrogen (secondary N) is 2. The quantitative estimate of drug-likeness (QED) is 0.593. The van der Waals surface area contributed by atoms with E-state index in [4.69, 9.17) is 9.47 Å². The van der Waals surface area contributed by atoms with Gasteiger partial charge in [0.15, 0.2) is 5.78 Å². The summed E-state index contributed by atoms with van der Waals surface area (Å²) in [6, 6.07) is 12.8. The second-order valence-corrected chi connectivity index (χ2v) is 8.55. The standard InChI is InChI=1S/C25H30N2O3/c28-25-20-8-2-9-21(29-15-11-17-5-3-13-26-17)23(20)19-7-1-10-22(24(19)25)30-16-12-18-6-4-14-27-18/h1-2,7-10,17-18,26-27H,3-6,11-16H2. The van der Waals surface area contributed by atoms with Gasteiger partial charge in [-0.3, -0.25) is 4.79 Å². The monoisotopic (exact) mass is 406 g/mol. The molecule has 2 unspecified atom stereocenters. The molecule has 5 heteroatoms. The number of carbonyl (C=O) groups is 1. The lowest BCUT2D eigenvalue weighted by Gasteiger charge is -2.15. The lowest BCUT2D eigenvalue weighted by molar-refractivity contribution is 0.103. The lowest BCUT2D eigenvalue weighted by atomic mass is 10.0. The molecule has 5 rings (SSSR count). The first-order valence-electron chi connectivity index (χ1n) is 11.3. The Labute approximate surface area is 178 Å². The van der Waals surface area contributed by atoms with Gasteiger partial charge in [-0.05, 0) is 63.7 Å². The first-order chi connectivity index (χ1) is 14.8. The molecule has 2 heterocycles. The van der Waals surface area contributed by atoms with Gasteiger partial charge in [0.1, 0.15) is 11.5 Å². The van der Waals surface area contributed by atoms with Crippen molar-refractivity contribution in [2.75, 3.05) is 26.3 Å². The number of benzene rings is 2. The average Bonchev–Trinajstić information content (AvgIpc) is 3.51. The highest BCUT2D eigenvalue weighted by molar-refractivity contribution is 6.24. The van der Waals surface area contributed by atoms with Crippen LogP contribution in [0.15, 0.2) is 36.4 Å². The zero-order valence-corrected chi connectivity index (χ0v) is 17.4. The van der Waals surface area contributed by atoms with Crippen LogP contribution in [0, 0.1) is 0 Å². The second-order valence-electron chi connectivity index (χ2n) is 8.55. The predicted octanol–water partition coefficient (Wildman–Crippen LogP) is 3.94. The molecule has 0 radical (unpaired) electrons. The fourth-order valence-corrected chi connectivity index (χ4v) is 4.98. The van der Waals surface area contributed by atoms with Crippen molar-refractivity contribution in [2.45, 2.75) is 50.6 Å². The van der Waals surface area contributed by atoms with Crippen LogP contribution in [0.4, 0.5) is 0 Å². The minimum Gasteiger partial charge on any atom is -0.493 e. The van der Waals surface area contributed by atoms with Crippen LogP contribution in [0.25, 0.3) is 11.1 Å². The maximum absolute atomic E-state index is 13.2. The predicted molar refractivity (Wildman–Crippen MR) is 118 cm³/mol. The Morgan fingerprint density at radius 2 is 1.33 bits per heavy atom. The van der Waals surface area contributed by atoms with E-state index in [0.29, 0.717) is 36.6 Å². The lowest BCUT2D eigenvalue weighted by Crippen LogP contribution is -2.23. The molecular formula is C25H30N2O3. The van der Waals surface area contributed by atoms with Crippen LogP contribution in [0.1, 0.15) is 54.4 Å². The van der Waals surface area contributed by atoms with Gasteiger partial charge >= 0.3 is 0 Å². The van der Waals surface area contributed by atoms with E-state index in [-0.39, 0.29) is 5.78 Å². The molecule has 2 aromatic carbocycles. The number of hydrogen-bond acceptors (Lipinski definition) is 5. The third-order valence-corrected chi connectivity index (χ3v) is 6.57. The van der Waals surface area contributed by atoms with Crippen LogP contribution >= 0.6 is 0 Å². The van der Waals surface area contributed by atoms with Gasteiger partial charge in [-0.25, -0.2) is 0 Å².